The number of aromatic amines is 1. The molecule has 0 atom stereocenters. The van der Waals surface area contributed by atoms with Gasteiger partial charge in [-0.25, -0.2) is 0 Å². The van der Waals surface area contributed by atoms with Gasteiger partial charge in [0.25, 0.3) is 5.69 Å². The van der Waals surface area contributed by atoms with E-state index in [2.05, 4.69) is 16.4 Å². The Morgan fingerprint density at radius 3 is 2.61 bits per heavy atom. The molecule has 0 radical (unpaired) electrons. The molecule has 0 bridgehead atoms. The van der Waals surface area contributed by atoms with Crippen LogP contribution in [0.4, 0.5) is 11.6 Å². The number of nitrogens with zero attached hydrogens (tertiary/aromatic N) is 2. The van der Waals surface area contributed by atoms with Crippen molar-refractivity contribution in [2.45, 2.75) is 33.2 Å². The van der Waals surface area contributed by atoms with Gasteiger partial charge in [0, 0.05) is 40.3 Å². The number of aromatic nitrogens is 1. The van der Waals surface area contributed by atoms with Gasteiger partial charge in [-0.1, -0.05) is 30.3 Å². The van der Waals surface area contributed by atoms with E-state index in [0.29, 0.717) is 28.3 Å². The summed E-state index contributed by atoms with van der Waals surface area (Å²) in [4.78, 5) is 14.1. The van der Waals surface area contributed by atoms with Crippen LogP contribution in [0.2, 0.25) is 0 Å². The lowest BCUT2D eigenvalue weighted by atomic mass is 9.98. The maximum Gasteiger partial charge on any atom is 0.270 e. The van der Waals surface area contributed by atoms with Crippen molar-refractivity contribution in [3.63, 3.8) is 0 Å². The van der Waals surface area contributed by atoms with Crippen LogP contribution in [0, 0.1) is 28.4 Å². The first-order valence-electron chi connectivity index (χ1n) is 9.86. The molecular formula is C24H22N4O3. The van der Waals surface area contributed by atoms with Crippen LogP contribution >= 0.6 is 0 Å². The minimum absolute atomic E-state index is 0.0476. The Morgan fingerprint density at radius 2 is 1.94 bits per heavy atom. The van der Waals surface area contributed by atoms with Crippen LogP contribution in [0.1, 0.15) is 31.9 Å². The molecule has 156 valence electrons. The quantitative estimate of drug-likeness (QED) is 0.297. The summed E-state index contributed by atoms with van der Waals surface area (Å²) in [6.07, 6.45) is 1.83. The Balaban J connectivity index is 2.01. The molecular weight excluding hydrogens is 392 g/mol. The van der Waals surface area contributed by atoms with Crippen LogP contribution in [0.3, 0.4) is 0 Å². The van der Waals surface area contributed by atoms with E-state index in [1.807, 2.05) is 52.1 Å². The van der Waals surface area contributed by atoms with Gasteiger partial charge < -0.3 is 14.7 Å². The van der Waals surface area contributed by atoms with Crippen LogP contribution in [-0.4, -0.2) is 15.4 Å². The number of aryl methyl sites for hydroxylation is 1. The smallest absolute Gasteiger partial charge is 0.270 e. The van der Waals surface area contributed by atoms with Gasteiger partial charge in [-0.15, -0.1) is 0 Å². The fourth-order valence-corrected chi connectivity index (χ4v) is 3.70. The van der Waals surface area contributed by atoms with E-state index in [-0.39, 0.29) is 11.2 Å². The lowest BCUT2D eigenvalue weighted by Crippen LogP contribution is -2.26. The number of fused-ring (bicyclic) bond motifs is 1. The first-order chi connectivity index (χ1) is 14.7. The second-order valence-electron chi connectivity index (χ2n) is 8.50. The highest BCUT2D eigenvalue weighted by Crippen LogP contribution is 2.44. The Morgan fingerprint density at radius 1 is 1.19 bits per heavy atom. The van der Waals surface area contributed by atoms with Gasteiger partial charge in [0.2, 0.25) is 5.88 Å². The molecule has 7 nitrogen and oxygen atoms in total. The summed E-state index contributed by atoms with van der Waals surface area (Å²) >= 11 is 0. The number of non-ortho nitro benzene ring substituents is 1. The van der Waals surface area contributed by atoms with Gasteiger partial charge in [-0.05, 0) is 38.8 Å². The molecule has 4 aromatic rings. The molecule has 0 aliphatic rings. The predicted octanol–water partition coefficient (Wildman–Crippen LogP) is 6.39. The third-order valence-corrected chi connectivity index (χ3v) is 5.02. The van der Waals surface area contributed by atoms with Crippen molar-refractivity contribution in [3.8, 4) is 28.5 Å². The first kappa shape index (κ1) is 20.2. The molecule has 2 aromatic heterocycles. The molecule has 0 saturated carbocycles. The molecule has 2 N–H and O–H groups in total. The second-order valence-corrected chi connectivity index (χ2v) is 8.50. The summed E-state index contributed by atoms with van der Waals surface area (Å²) in [5.74, 6) is 0.828. The topological polar surface area (TPSA) is 108 Å². The number of para-hydroxylation sites is 1. The Kier molecular flexibility index (Phi) is 4.78. The molecule has 0 aliphatic heterocycles. The highest BCUT2D eigenvalue weighted by molar-refractivity contribution is 5.99. The molecule has 4 rings (SSSR count). The van der Waals surface area contributed by atoms with Gasteiger partial charge in [-0.2, -0.15) is 5.26 Å². The molecule has 0 amide bonds. The lowest BCUT2D eigenvalue weighted by molar-refractivity contribution is -0.384. The SMILES string of the molecule is Cc1cccc2c(-c3oc(NC(C)(C)C)c(-c4cccc([N+](=O)[O-])c4)c3C#N)c[nH]c12. The standard InChI is InChI=1S/C24H22N4O3/c1-14-7-5-10-17-19(13-26-21(14)17)22-18(12-25)20(23(31-22)27-24(2,3)4)15-8-6-9-16(11-15)28(29)30/h5-11,13,26-27H,1-4H3. The van der Waals surface area contributed by atoms with Gasteiger partial charge in [0.05, 0.1) is 10.5 Å². The number of benzene rings is 2. The number of anilines is 1. The number of nitro groups is 1. The van der Waals surface area contributed by atoms with Gasteiger partial charge >= 0.3 is 0 Å². The van der Waals surface area contributed by atoms with Crippen LogP contribution in [-0.2, 0) is 0 Å². The van der Waals surface area contributed by atoms with Gasteiger partial charge in [-0.3, -0.25) is 10.1 Å². The largest absolute Gasteiger partial charge is 0.439 e. The average Bonchev–Trinajstić information content (AvgIpc) is 3.28. The predicted molar refractivity (Wildman–Crippen MR) is 121 cm³/mol. The fourth-order valence-electron chi connectivity index (χ4n) is 3.70. The zero-order valence-electron chi connectivity index (χ0n) is 17.7. The van der Waals surface area contributed by atoms with Crippen LogP contribution < -0.4 is 5.32 Å². The lowest BCUT2D eigenvalue weighted by Gasteiger charge is -2.21. The average molecular weight is 414 g/mol. The number of H-pyrrole nitrogens is 1. The molecule has 0 aliphatic carbocycles. The summed E-state index contributed by atoms with van der Waals surface area (Å²) in [5.41, 5.74) is 3.81. The van der Waals surface area contributed by atoms with Crippen molar-refractivity contribution in [2.75, 3.05) is 5.32 Å². The van der Waals surface area contributed by atoms with Crippen molar-refractivity contribution >= 4 is 22.5 Å². The Labute approximate surface area is 179 Å². The van der Waals surface area contributed by atoms with Crippen molar-refractivity contribution in [2.24, 2.45) is 0 Å². The van der Waals surface area contributed by atoms with Crippen molar-refractivity contribution in [1.29, 1.82) is 5.26 Å². The number of rotatable bonds is 4. The summed E-state index contributed by atoms with van der Waals surface area (Å²) < 4.78 is 6.24. The van der Waals surface area contributed by atoms with Crippen LogP contribution in [0.15, 0.2) is 53.1 Å². The van der Waals surface area contributed by atoms with Crippen LogP contribution in [0.5, 0.6) is 0 Å². The van der Waals surface area contributed by atoms with Crippen molar-refractivity contribution in [1.82, 2.24) is 4.98 Å². The molecule has 0 saturated heterocycles. The van der Waals surface area contributed by atoms with E-state index < -0.39 is 4.92 Å². The molecule has 31 heavy (non-hydrogen) atoms. The number of nitriles is 1. The molecule has 7 heteroatoms. The number of nitro benzene ring substituents is 1. The maximum absolute atomic E-state index is 11.3. The van der Waals surface area contributed by atoms with E-state index in [1.165, 1.54) is 12.1 Å². The number of nitrogens with one attached hydrogen (secondary N) is 2. The fraction of sp³-hybridized carbons (Fsp3) is 0.208. The van der Waals surface area contributed by atoms with E-state index in [1.54, 1.807) is 12.1 Å². The minimum Gasteiger partial charge on any atom is -0.439 e. The normalized spacial score (nSPS) is 11.5. The van der Waals surface area contributed by atoms with Crippen molar-refractivity contribution in [3.05, 3.63) is 69.9 Å². The second kappa shape index (κ2) is 7.33. The molecule has 0 spiro atoms. The number of hydrogen-bond donors (Lipinski definition) is 2. The first-order valence-corrected chi connectivity index (χ1v) is 9.86. The number of hydrogen-bond acceptors (Lipinski definition) is 5. The highest BCUT2D eigenvalue weighted by Gasteiger charge is 2.27. The summed E-state index contributed by atoms with van der Waals surface area (Å²) in [6.45, 7) is 7.95. The highest BCUT2D eigenvalue weighted by atomic mass is 16.6. The van der Waals surface area contributed by atoms with E-state index in [9.17, 15) is 15.4 Å². The zero-order valence-corrected chi connectivity index (χ0v) is 17.7. The Bertz CT molecular complexity index is 1350. The molecule has 2 heterocycles. The summed E-state index contributed by atoms with van der Waals surface area (Å²) in [7, 11) is 0. The monoisotopic (exact) mass is 414 g/mol. The summed E-state index contributed by atoms with van der Waals surface area (Å²) in [6, 6.07) is 14.5. The van der Waals surface area contributed by atoms with E-state index in [4.69, 9.17) is 4.42 Å². The van der Waals surface area contributed by atoms with Gasteiger partial charge in [0.15, 0.2) is 5.76 Å². The zero-order chi connectivity index (χ0) is 22.3. The summed E-state index contributed by atoms with van der Waals surface area (Å²) in [5, 5.41) is 25.7. The third kappa shape index (κ3) is 3.64. The number of furan rings is 1. The van der Waals surface area contributed by atoms with Crippen molar-refractivity contribution < 1.29 is 9.34 Å². The minimum atomic E-state index is -0.449. The van der Waals surface area contributed by atoms with E-state index in [0.717, 1.165) is 22.0 Å². The van der Waals surface area contributed by atoms with Gasteiger partial charge in [0.1, 0.15) is 11.6 Å². The van der Waals surface area contributed by atoms with Crippen LogP contribution in [0.25, 0.3) is 33.4 Å². The van der Waals surface area contributed by atoms with E-state index >= 15 is 0 Å². The third-order valence-electron chi connectivity index (χ3n) is 5.02. The maximum atomic E-state index is 11.3. The molecule has 0 fully saturated rings. The molecule has 0 unspecified atom stereocenters. The Hall–Kier alpha value is -4.05. The molecule has 2 aromatic carbocycles.